The molecular formula is C10H6BBrF2NO. The van der Waals surface area contributed by atoms with E-state index in [1.807, 2.05) is 0 Å². The fraction of sp³-hybridized carbons (Fsp3) is 0.100. The summed E-state index contributed by atoms with van der Waals surface area (Å²) in [6, 6.07) is 6.54. The Morgan fingerprint density at radius 3 is 2.75 bits per heavy atom. The molecule has 0 aliphatic heterocycles. The number of alkyl halides is 2. The zero-order valence-electron chi connectivity index (χ0n) is 8.03. The van der Waals surface area contributed by atoms with Crippen LogP contribution in [-0.2, 0) is 4.79 Å². The molecule has 0 aliphatic rings. The van der Waals surface area contributed by atoms with Crippen LogP contribution in [0.4, 0.5) is 8.78 Å². The highest BCUT2D eigenvalue weighted by atomic mass is 79.9. The van der Waals surface area contributed by atoms with Gasteiger partial charge in [-0.25, -0.2) is 8.78 Å². The molecule has 0 spiro atoms. The predicted octanol–water partition coefficient (Wildman–Crippen LogP) is 3.00. The van der Waals surface area contributed by atoms with Crippen LogP contribution < -0.4 is 0 Å². The third-order valence-electron chi connectivity index (χ3n) is 2.26. The summed E-state index contributed by atoms with van der Waals surface area (Å²) in [5.74, 6) is 0. The van der Waals surface area contributed by atoms with E-state index in [0.29, 0.717) is 17.1 Å². The van der Waals surface area contributed by atoms with Gasteiger partial charge in [0.2, 0.25) is 0 Å². The van der Waals surface area contributed by atoms with Crippen LogP contribution in [0.3, 0.4) is 0 Å². The number of rotatable bonds is 3. The second kappa shape index (κ2) is 4.37. The van der Waals surface area contributed by atoms with Crippen molar-refractivity contribution in [2.45, 2.75) is 6.43 Å². The molecule has 0 fully saturated rings. The smallest absolute Gasteiger partial charge is 0.333 e. The number of halogens is 3. The third kappa shape index (κ3) is 1.89. The van der Waals surface area contributed by atoms with Crippen molar-refractivity contribution in [3.63, 3.8) is 0 Å². The van der Waals surface area contributed by atoms with Gasteiger partial charge in [-0.05, 0) is 29.7 Å². The second-order valence-corrected chi connectivity index (χ2v) is 4.14. The summed E-state index contributed by atoms with van der Waals surface area (Å²) in [5, 5.41) is 0.669. The van der Waals surface area contributed by atoms with E-state index in [1.54, 1.807) is 18.2 Å². The molecule has 0 saturated heterocycles. The molecule has 81 valence electrons. The first kappa shape index (κ1) is 11.3. The molecular weight excluding hydrogens is 279 g/mol. The number of carbonyl (C=O) groups is 1. The van der Waals surface area contributed by atoms with Crippen molar-refractivity contribution in [3.8, 4) is 0 Å². The van der Waals surface area contributed by atoms with E-state index in [4.69, 9.17) is 0 Å². The van der Waals surface area contributed by atoms with Gasteiger partial charge in [-0.2, -0.15) is 0 Å². The number of hydrogen-bond acceptors (Lipinski definition) is 1. The lowest BCUT2D eigenvalue weighted by atomic mass is 9.97. The van der Waals surface area contributed by atoms with E-state index in [1.165, 1.54) is 10.5 Å². The van der Waals surface area contributed by atoms with Gasteiger partial charge >= 0.3 is 7.41 Å². The lowest BCUT2D eigenvalue weighted by Crippen LogP contribution is -2.11. The Morgan fingerprint density at radius 1 is 1.38 bits per heavy atom. The Kier molecular flexibility index (Phi) is 3.09. The maximum Gasteiger partial charge on any atom is 0.333 e. The van der Waals surface area contributed by atoms with Gasteiger partial charge < -0.3 is 9.27 Å². The third-order valence-corrected chi connectivity index (χ3v) is 2.76. The van der Waals surface area contributed by atoms with Crippen LogP contribution in [0.2, 0.25) is 0 Å². The lowest BCUT2D eigenvalue weighted by molar-refractivity contribution is 0.145. The first-order valence-corrected chi connectivity index (χ1v) is 5.30. The molecule has 0 amide bonds. The van der Waals surface area contributed by atoms with E-state index in [-0.39, 0.29) is 5.69 Å². The van der Waals surface area contributed by atoms with Gasteiger partial charge in [-0.1, -0.05) is 15.9 Å². The Balaban J connectivity index is 2.70. The predicted molar refractivity (Wildman–Crippen MR) is 62.5 cm³/mol. The topological polar surface area (TPSA) is 22.0 Å². The average molecular weight is 285 g/mol. The van der Waals surface area contributed by atoms with Crippen molar-refractivity contribution in [2.75, 3.05) is 0 Å². The van der Waals surface area contributed by atoms with Crippen molar-refractivity contribution < 1.29 is 13.6 Å². The van der Waals surface area contributed by atoms with E-state index in [9.17, 15) is 13.6 Å². The summed E-state index contributed by atoms with van der Waals surface area (Å²) in [5.41, 5.74) is 0.408. The molecule has 2 rings (SSSR count). The molecule has 6 heteroatoms. The highest BCUT2D eigenvalue weighted by Gasteiger charge is 2.16. The standard InChI is InChI=1S/C10H6BBrF2NO/c12-7-1-2-8-6(3-7)4-9(10(13)14)15(8)11-5-16/h1-5,10H. The summed E-state index contributed by atoms with van der Waals surface area (Å²) in [6.45, 7) is 0. The largest absolute Gasteiger partial charge is 0.381 e. The summed E-state index contributed by atoms with van der Waals surface area (Å²) in [7, 11) is 1.09. The van der Waals surface area contributed by atoms with Crippen LogP contribution in [0.25, 0.3) is 10.9 Å². The van der Waals surface area contributed by atoms with Gasteiger partial charge in [-0.15, -0.1) is 0 Å². The number of fused-ring (bicyclic) bond motifs is 1. The van der Waals surface area contributed by atoms with Crippen molar-refractivity contribution in [1.82, 2.24) is 4.48 Å². The Labute approximate surface area is 99.6 Å². The number of nitrogens with zero attached hydrogens (tertiary/aromatic N) is 1. The molecule has 1 aromatic carbocycles. The Hall–Kier alpha value is -1.17. The quantitative estimate of drug-likeness (QED) is 0.627. The van der Waals surface area contributed by atoms with Crippen molar-refractivity contribution >= 4 is 40.4 Å². The molecule has 1 aromatic heterocycles. The summed E-state index contributed by atoms with van der Waals surface area (Å²) in [6.07, 6.45) is -2.12. The Bertz CT molecular complexity index is 541. The molecule has 0 bridgehead atoms. The van der Waals surface area contributed by atoms with Gasteiger partial charge in [0.15, 0.2) is 0 Å². The molecule has 0 aliphatic carbocycles. The molecule has 1 radical (unpaired) electrons. The van der Waals surface area contributed by atoms with E-state index in [2.05, 4.69) is 15.9 Å². The highest BCUT2D eigenvalue weighted by molar-refractivity contribution is 9.10. The van der Waals surface area contributed by atoms with Gasteiger partial charge in [0.05, 0.1) is 5.69 Å². The van der Waals surface area contributed by atoms with Gasteiger partial charge in [0, 0.05) is 9.99 Å². The maximum absolute atomic E-state index is 12.7. The SMILES string of the molecule is O=C[B]n1c(C(F)F)cc2cc(Br)ccc21. The molecule has 2 nitrogen and oxygen atoms in total. The number of benzene rings is 1. The fourth-order valence-corrected chi connectivity index (χ4v) is 2.00. The minimum Gasteiger partial charge on any atom is -0.381 e. The number of hydrogen-bond donors (Lipinski definition) is 0. The average Bonchev–Trinajstić information content (AvgIpc) is 2.57. The van der Waals surface area contributed by atoms with Gasteiger partial charge in [0.1, 0.15) is 6.19 Å². The minimum absolute atomic E-state index is 0.180. The van der Waals surface area contributed by atoms with Gasteiger partial charge in [0.25, 0.3) is 6.43 Å². The molecule has 0 N–H and O–H groups in total. The zero-order chi connectivity index (χ0) is 11.7. The van der Waals surface area contributed by atoms with E-state index in [0.717, 1.165) is 11.9 Å². The molecule has 0 saturated carbocycles. The van der Waals surface area contributed by atoms with Crippen LogP contribution in [0.5, 0.6) is 0 Å². The number of carbonyl (C=O) groups excluding carboxylic acids is 1. The van der Waals surface area contributed by atoms with Crippen LogP contribution in [0.1, 0.15) is 12.1 Å². The van der Waals surface area contributed by atoms with Crippen LogP contribution in [0, 0.1) is 0 Å². The number of aromatic nitrogens is 1. The lowest BCUT2D eigenvalue weighted by Gasteiger charge is -2.04. The fourth-order valence-electron chi connectivity index (χ4n) is 1.62. The summed E-state index contributed by atoms with van der Waals surface area (Å²) < 4.78 is 27.5. The summed E-state index contributed by atoms with van der Waals surface area (Å²) in [4.78, 5) is 10.4. The van der Waals surface area contributed by atoms with E-state index >= 15 is 0 Å². The monoisotopic (exact) mass is 284 g/mol. The molecule has 2 aromatic rings. The van der Waals surface area contributed by atoms with Gasteiger partial charge in [-0.3, -0.25) is 0 Å². The highest BCUT2D eigenvalue weighted by Crippen LogP contribution is 2.28. The first-order chi connectivity index (χ1) is 7.63. The first-order valence-electron chi connectivity index (χ1n) is 4.50. The van der Waals surface area contributed by atoms with Crippen molar-refractivity contribution in [1.29, 1.82) is 0 Å². The van der Waals surface area contributed by atoms with Crippen molar-refractivity contribution in [3.05, 3.63) is 34.4 Å². The van der Waals surface area contributed by atoms with Crippen LogP contribution in [0.15, 0.2) is 28.7 Å². The summed E-state index contributed by atoms with van der Waals surface area (Å²) >= 11 is 3.27. The Morgan fingerprint density at radius 2 is 2.12 bits per heavy atom. The zero-order valence-corrected chi connectivity index (χ0v) is 9.62. The maximum atomic E-state index is 12.7. The molecule has 0 unspecified atom stereocenters. The molecule has 16 heavy (non-hydrogen) atoms. The van der Waals surface area contributed by atoms with Crippen molar-refractivity contribution in [2.24, 2.45) is 0 Å². The normalized spacial score (nSPS) is 11.0. The van der Waals surface area contributed by atoms with Crippen LogP contribution in [-0.4, -0.2) is 18.1 Å². The molecule has 1 heterocycles. The minimum atomic E-state index is -2.61. The molecule has 0 atom stereocenters. The second-order valence-electron chi connectivity index (χ2n) is 3.23. The van der Waals surface area contributed by atoms with E-state index < -0.39 is 6.43 Å². The van der Waals surface area contributed by atoms with Crippen LogP contribution >= 0.6 is 15.9 Å².